The second-order valence-electron chi connectivity index (χ2n) is 4.84. The molecule has 1 aromatic rings. The summed E-state index contributed by atoms with van der Waals surface area (Å²) >= 11 is 1.58. The fourth-order valence-corrected chi connectivity index (χ4v) is 3.13. The summed E-state index contributed by atoms with van der Waals surface area (Å²) in [4.78, 5) is 12.1. The van der Waals surface area contributed by atoms with Crippen LogP contribution in [0.2, 0.25) is 0 Å². The number of carbonyl (C=O) groups excluding carboxylic acids is 1. The SMILES string of the molecule is Cc1cscc1C(=O)NC(C)C1CCCNC1.Cl. The van der Waals surface area contributed by atoms with Crippen molar-refractivity contribution in [3.8, 4) is 0 Å². The van der Waals surface area contributed by atoms with Crippen molar-refractivity contribution in [3.05, 3.63) is 21.9 Å². The van der Waals surface area contributed by atoms with Crippen molar-refractivity contribution in [1.82, 2.24) is 10.6 Å². The first-order valence-electron chi connectivity index (χ1n) is 6.23. The number of hydrogen-bond acceptors (Lipinski definition) is 3. The number of hydrogen-bond donors (Lipinski definition) is 2. The highest BCUT2D eigenvalue weighted by Gasteiger charge is 2.22. The lowest BCUT2D eigenvalue weighted by atomic mass is 9.92. The van der Waals surface area contributed by atoms with Gasteiger partial charge in [-0.2, -0.15) is 11.3 Å². The minimum Gasteiger partial charge on any atom is -0.349 e. The van der Waals surface area contributed by atoms with Gasteiger partial charge in [0, 0.05) is 11.4 Å². The Kier molecular flexibility index (Phi) is 6.12. The van der Waals surface area contributed by atoms with E-state index in [0.29, 0.717) is 5.92 Å². The van der Waals surface area contributed by atoms with Crippen molar-refractivity contribution >= 4 is 29.7 Å². The molecule has 0 aromatic carbocycles. The van der Waals surface area contributed by atoms with Crippen LogP contribution in [0.25, 0.3) is 0 Å². The minimum atomic E-state index is 0. The van der Waals surface area contributed by atoms with Crippen LogP contribution in [0.4, 0.5) is 0 Å². The van der Waals surface area contributed by atoms with Gasteiger partial charge in [0.15, 0.2) is 0 Å². The van der Waals surface area contributed by atoms with E-state index in [-0.39, 0.29) is 24.4 Å². The molecule has 102 valence electrons. The van der Waals surface area contributed by atoms with Crippen LogP contribution >= 0.6 is 23.7 Å². The maximum absolute atomic E-state index is 12.1. The smallest absolute Gasteiger partial charge is 0.252 e. The zero-order valence-corrected chi connectivity index (χ0v) is 12.5. The summed E-state index contributed by atoms with van der Waals surface area (Å²) in [6, 6.07) is 0.245. The molecule has 2 unspecified atom stereocenters. The molecule has 0 bridgehead atoms. The summed E-state index contributed by atoms with van der Waals surface area (Å²) < 4.78 is 0. The van der Waals surface area contributed by atoms with Gasteiger partial charge in [0.25, 0.3) is 5.91 Å². The summed E-state index contributed by atoms with van der Waals surface area (Å²) in [5.41, 5.74) is 1.90. The molecule has 1 saturated heterocycles. The number of thiophene rings is 1. The summed E-state index contributed by atoms with van der Waals surface area (Å²) in [7, 11) is 0. The van der Waals surface area contributed by atoms with Crippen molar-refractivity contribution < 1.29 is 4.79 Å². The summed E-state index contributed by atoms with van der Waals surface area (Å²) in [6.45, 7) is 6.22. The van der Waals surface area contributed by atoms with Gasteiger partial charge in [0.2, 0.25) is 0 Å². The molecule has 5 heteroatoms. The Bertz CT molecular complexity index is 388. The lowest BCUT2D eigenvalue weighted by Gasteiger charge is -2.28. The van der Waals surface area contributed by atoms with Crippen LogP contribution in [0, 0.1) is 12.8 Å². The maximum atomic E-state index is 12.1. The number of halogens is 1. The number of rotatable bonds is 3. The number of amides is 1. The molecule has 2 heterocycles. The molecule has 1 amide bonds. The molecule has 18 heavy (non-hydrogen) atoms. The molecule has 0 aliphatic carbocycles. The highest BCUT2D eigenvalue weighted by atomic mass is 35.5. The van der Waals surface area contributed by atoms with Gasteiger partial charge in [0.05, 0.1) is 5.56 Å². The van der Waals surface area contributed by atoms with Crippen LogP contribution in [0.3, 0.4) is 0 Å². The number of carbonyl (C=O) groups is 1. The van der Waals surface area contributed by atoms with Crippen LogP contribution in [0.1, 0.15) is 35.7 Å². The Morgan fingerprint density at radius 1 is 1.56 bits per heavy atom. The van der Waals surface area contributed by atoms with Gasteiger partial charge in [-0.15, -0.1) is 12.4 Å². The fourth-order valence-electron chi connectivity index (χ4n) is 2.30. The lowest BCUT2D eigenvalue weighted by Crippen LogP contribution is -2.44. The number of piperidine rings is 1. The maximum Gasteiger partial charge on any atom is 0.252 e. The Balaban J connectivity index is 0.00000162. The number of aryl methyl sites for hydroxylation is 1. The quantitative estimate of drug-likeness (QED) is 0.898. The molecule has 1 aliphatic heterocycles. The van der Waals surface area contributed by atoms with Gasteiger partial charge in [-0.1, -0.05) is 0 Å². The largest absolute Gasteiger partial charge is 0.349 e. The second-order valence-corrected chi connectivity index (χ2v) is 5.58. The van der Waals surface area contributed by atoms with Gasteiger partial charge < -0.3 is 10.6 Å². The van der Waals surface area contributed by atoms with Crippen molar-refractivity contribution in [2.75, 3.05) is 13.1 Å². The van der Waals surface area contributed by atoms with Gasteiger partial charge in [0.1, 0.15) is 0 Å². The summed E-state index contributed by atoms with van der Waals surface area (Å²) in [5.74, 6) is 0.633. The molecule has 0 saturated carbocycles. The fraction of sp³-hybridized carbons (Fsp3) is 0.615. The van der Waals surface area contributed by atoms with E-state index in [1.807, 2.05) is 17.7 Å². The van der Waals surface area contributed by atoms with Crippen LogP contribution in [0.5, 0.6) is 0 Å². The van der Waals surface area contributed by atoms with E-state index in [4.69, 9.17) is 0 Å². The molecule has 1 aromatic heterocycles. The Morgan fingerprint density at radius 2 is 2.33 bits per heavy atom. The van der Waals surface area contributed by atoms with Crippen LogP contribution < -0.4 is 10.6 Å². The zero-order valence-electron chi connectivity index (χ0n) is 10.9. The minimum absolute atomic E-state index is 0. The predicted molar refractivity (Wildman–Crippen MR) is 78.8 cm³/mol. The lowest BCUT2D eigenvalue weighted by molar-refractivity contribution is 0.0922. The van der Waals surface area contributed by atoms with Crippen LogP contribution in [-0.2, 0) is 0 Å². The third-order valence-corrected chi connectivity index (χ3v) is 4.36. The molecule has 2 N–H and O–H groups in total. The first-order chi connectivity index (χ1) is 8.18. The Labute approximate surface area is 119 Å². The third kappa shape index (κ3) is 3.70. The van der Waals surface area contributed by atoms with Crippen LogP contribution in [-0.4, -0.2) is 25.0 Å². The van der Waals surface area contributed by atoms with Gasteiger partial charge in [-0.3, -0.25) is 4.79 Å². The van der Waals surface area contributed by atoms with Gasteiger partial charge in [-0.05, 0) is 56.6 Å². The van der Waals surface area contributed by atoms with Crippen LogP contribution in [0.15, 0.2) is 10.8 Å². The highest BCUT2D eigenvalue weighted by molar-refractivity contribution is 7.08. The monoisotopic (exact) mass is 288 g/mol. The van der Waals surface area contributed by atoms with Crippen molar-refractivity contribution in [1.29, 1.82) is 0 Å². The van der Waals surface area contributed by atoms with E-state index in [0.717, 1.165) is 24.2 Å². The highest BCUT2D eigenvalue weighted by Crippen LogP contribution is 2.17. The van der Waals surface area contributed by atoms with E-state index < -0.39 is 0 Å². The molecule has 3 nitrogen and oxygen atoms in total. The van der Waals surface area contributed by atoms with E-state index in [2.05, 4.69) is 17.6 Å². The third-order valence-electron chi connectivity index (χ3n) is 3.50. The van der Waals surface area contributed by atoms with Crippen molar-refractivity contribution in [2.24, 2.45) is 5.92 Å². The standard InChI is InChI=1S/C13H20N2OS.ClH/c1-9-7-17-8-12(9)13(16)15-10(2)11-4-3-5-14-6-11;/h7-8,10-11,14H,3-6H2,1-2H3,(H,15,16);1H. The topological polar surface area (TPSA) is 41.1 Å². The molecule has 0 spiro atoms. The van der Waals surface area contributed by atoms with Crippen molar-refractivity contribution in [3.63, 3.8) is 0 Å². The molecule has 1 fully saturated rings. The normalized spacial score (nSPS) is 20.9. The Hall–Kier alpha value is -0.580. The van der Waals surface area contributed by atoms with Crippen molar-refractivity contribution in [2.45, 2.75) is 32.7 Å². The summed E-state index contributed by atoms with van der Waals surface area (Å²) in [6.07, 6.45) is 2.42. The average molecular weight is 289 g/mol. The Morgan fingerprint density at radius 3 is 2.89 bits per heavy atom. The first kappa shape index (κ1) is 15.5. The predicted octanol–water partition coefficient (Wildman–Crippen LogP) is 2.60. The molecule has 2 atom stereocenters. The molecule has 0 radical (unpaired) electrons. The van der Waals surface area contributed by atoms with E-state index >= 15 is 0 Å². The summed E-state index contributed by atoms with van der Waals surface area (Å²) in [5, 5.41) is 10.4. The number of nitrogens with one attached hydrogen (secondary N) is 2. The second kappa shape index (κ2) is 7.12. The molecule has 1 aliphatic rings. The van der Waals surface area contributed by atoms with Gasteiger partial charge >= 0.3 is 0 Å². The van der Waals surface area contributed by atoms with E-state index in [1.165, 1.54) is 12.8 Å². The molecular formula is C13H21ClN2OS. The van der Waals surface area contributed by atoms with E-state index in [1.54, 1.807) is 11.3 Å². The zero-order chi connectivity index (χ0) is 12.3. The van der Waals surface area contributed by atoms with Gasteiger partial charge in [-0.25, -0.2) is 0 Å². The molecular weight excluding hydrogens is 268 g/mol. The molecule has 2 rings (SSSR count). The first-order valence-corrected chi connectivity index (χ1v) is 7.17. The average Bonchev–Trinajstić information content (AvgIpc) is 2.76. The van der Waals surface area contributed by atoms with E-state index in [9.17, 15) is 4.79 Å².